The lowest BCUT2D eigenvalue weighted by Gasteiger charge is -2.58. The largest absolute Gasteiger partial charge is 0.478 e. The Morgan fingerprint density at radius 1 is 1.23 bits per heavy atom. The number of carboxylic acid groups (broad SMARTS) is 1. The zero-order valence-corrected chi connectivity index (χ0v) is 20.6. The highest BCUT2D eigenvalue weighted by Crippen LogP contribution is 2.72. The number of epoxide rings is 1. The Balaban J connectivity index is 0.00000103. The number of rotatable bonds is 8. The van der Waals surface area contributed by atoms with E-state index in [0.29, 0.717) is 32.3 Å². The van der Waals surface area contributed by atoms with Crippen LogP contribution in [0.15, 0.2) is 36.0 Å². The van der Waals surface area contributed by atoms with E-state index in [0.717, 1.165) is 18.8 Å². The van der Waals surface area contributed by atoms with Gasteiger partial charge in [-0.2, -0.15) is 0 Å². The van der Waals surface area contributed by atoms with Crippen LogP contribution < -0.4 is 0 Å². The van der Waals surface area contributed by atoms with E-state index in [-0.39, 0.29) is 19.3 Å². The molecule has 2 aliphatic carbocycles. The van der Waals surface area contributed by atoms with Crippen molar-refractivity contribution in [3.8, 4) is 0 Å². The first-order valence-corrected chi connectivity index (χ1v) is 11.7. The highest BCUT2D eigenvalue weighted by molar-refractivity contribution is 5.84. The molecule has 3 N–H and O–H groups in total. The number of aliphatic hydroxyl groups excluding tert-OH is 2. The van der Waals surface area contributed by atoms with Crippen molar-refractivity contribution in [2.45, 2.75) is 63.9 Å². The van der Waals surface area contributed by atoms with E-state index in [1.54, 1.807) is 0 Å². The predicted octanol–water partition coefficient (Wildman–Crippen LogP) is 1.55. The van der Waals surface area contributed by atoms with Gasteiger partial charge in [0.2, 0.25) is 0 Å². The van der Waals surface area contributed by atoms with Crippen LogP contribution >= 0.6 is 0 Å². The molecule has 1 saturated carbocycles. The zero-order valence-electron chi connectivity index (χ0n) is 20.6. The van der Waals surface area contributed by atoms with Crippen molar-refractivity contribution in [3.05, 3.63) is 36.0 Å². The summed E-state index contributed by atoms with van der Waals surface area (Å²) >= 11 is 0. The number of ether oxygens (including phenoxy) is 4. The summed E-state index contributed by atoms with van der Waals surface area (Å²) in [6.45, 7) is 6.88. The summed E-state index contributed by atoms with van der Waals surface area (Å²) in [6, 6.07) is 0. The Labute approximate surface area is 205 Å². The summed E-state index contributed by atoms with van der Waals surface area (Å²) in [6.07, 6.45) is 6.90. The van der Waals surface area contributed by atoms with Gasteiger partial charge >= 0.3 is 11.9 Å². The van der Waals surface area contributed by atoms with Gasteiger partial charge in [-0.3, -0.25) is 4.79 Å². The number of esters is 1. The van der Waals surface area contributed by atoms with Crippen molar-refractivity contribution >= 4 is 18.4 Å². The summed E-state index contributed by atoms with van der Waals surface area (Å²) < 4.78 is 23.4. The molecule has 4 rings (SSSR count). The third kappa shape index (κ3) is 4.93. The van der Waals surface area contributed by atoms with Gasteiger partial charge in [-0.25, -0.2) is 9.59 Å². The maximum atomic E-state index is 12.5. The number of carbonyl (C=O) groups is 3. The molecule has 6 atom stereocenters. The molecule has 0 amide bonds. The topological polar surface area (TPSA) is 152 Å². The number of allylic oxidation sites excluding steroid dienone is 2. The average Bonchev–Trinajstić information content (AvgIpc) is 3.65. The standard InChI is InChI=1S/C22H26O9.C2H6.CH4O/c1-20-15(31-19(27)5-3-2-4-18(25)26)9-17(22(20)12-29-22)30-16-8-14(10-23)6-7-21(16,20)11-28-13-24;2*1-2/h2-5,8,13,15-17,23H,6-7,9-12H2,1H3,(H,25,26);1-2H3;2H,1H3/b4-2-,5-3-;;. The molecule has 0 aromatic rings. The molecule has 0 radical (unpaired) electrons. The quantitative estimate of drug-likeness (QED) is 0.113. The van der Waals surface area contributed by atoms with E-state index < -0.39 is 40.6 Å². The van der Waals surface area contributed by atoms with Gasteiger partial charge in [-0.15, -0.1) is 0 Å². The SMILES string of the molecule is CC.CC12C(OC(=O)/C=C\C=C/C(=O)O)CC(OC3C=C(CO)CCC31COC=O)C21CO1.CO. The van der Waals surface area contributed by atoms with Gasteiger partial charge < -0.3 is 34.3 Å². The van der Waals surface area contributed by atoms with Crippen molar-refractivity contribution in [1.29, 1.82) is 0 Å². The third-order valence-electron chi connectivity index (χ3n) is 7.55. The molecular formula is C25H36O10. The molecular weight excluding hydrogens is 460 g/mol. The lowest BCUT2D eigenvalue weighted by Crippen LogP contribution is -2.66. The monoisotopic (exact) mass is 496 g/mol. The average molecular weight is 497 g/mol. The van der Waals surface area contributed by atoms with Gasteiger partial charge in [-0.1, -0.05) is 39.0 Å². The highest BCUT2D eigenvalue weighted by Gasteiger charge is 2.83. The molecule has 2 bridgehead atoms. The van der Waals surface area contributed by atoms with E-state index in [1.165, 1.54) is 18.2 Å². The van der Waals surface area contributed by atoms with Gasteiger partial charge in [0.25, 0.3) is 6.47 Å². The fraction of sp³-hybridized carbons (Fsp3) is 0.640. The van der Waals surface area contributed by atoms with E-state index >= 15 is 0 Å². The number of aliphatic hydroxyl groups is 2. The normalized spacial score (nSPS) is 36.3. The molecule has 3 fully saturated rings. The van der Waals surface area contributed by atoms with E-state index in [2.05, 4.69) is 0 Å². The smallest absolute Gasteiger partial charge is 0.331 e. The number of hydrogen-bond donors (Lipinski definition) is 3. The molecule has 2 heterocycles. The molecule has 0 aromatic carbocycles. The molecule has 6 unspecified atom stereocenters. The van der Waals surface area contributed by atoms with Crippen LogP contribution in [0.5, 0.6) is 0 Å². The fourth-order valence-electron chi connectivity index (χ4n) is 5.82. The minimum absolute atomic E-state index is 0.0689. The Morgan fingerprint density at radius 3 is 2.46 bits per heavy atom. The van der Waals surface area contributed by atoms with Gasteiger partial charge in [0.15, 0.2) is 0 Å². The zero-order chi connectivity index (χ0) is 26.3. The fourth-order valence-corrected chi connectivity index (χ4v) is 5.82. The maximum Gasteiger partial charge on any atom is 0.331 e. The van der Waals surface area contributed by atoms with Gasteiger partial charge in [0.1, 0.15) is 18.3 Å². The Hall–Kier alpha value is -2.53. The number of hydrogen-bond acceptors (Lipinski definition) is 9. The molecule has 0 aromatic heterocycles. The first-order valence-electron chi connectivity index (χ1n) is 11.7. The first kappa shape index (κ1) is 28.7. The number of fused-ring (bicyclic) bond motifs is 2. The molecule has 35 heavy (non-hydrogen) atoms. The summed E-state index contributed by atoms with van der Waals surface area (Å²) in [4.78, 5) is 34.1. The van der Waals surface area contributed by atoms with Crippen molar-refractivity contribution in [2.24, 2.45) is 10.8 Å². The lowest BCUT2D eigenvalue weighted by atomic mass is 9.51. The third-order valence-corrected chi connectivity index (χ3v) is 7.55. The highest BCUT2D eigenvalue weighted by atomic mass is 16.6. The molecule has 4 aliphatic rings. The second-order valence-corrected chi connectivity index (χ2v) is 8.69. The predicted molar refractivity (Wildman–Crippen MR) is 124 cm³/mol. The number of aliphatic carboxylic acids is 1. The minimum atomic E-state index is -1.11. The second-order valence-electron chi connectivity index (χ2n) is 8.69. The summed E-state index contributed by atoms with van der Waals surface area (Å²) in [7, 11) is 1.00. The van der Waals surface area contributed by atoms with Crippen LogP contribution in [0, 0.1) is 10.8 Å². The molecule has 10 heteroatoms. The maximum absolute atomic E-state index is 12.5. The van der Waals surface area contributed by atoms with Crippen LogP contribution in [0.2, 0.25) is 0 Å². The van der Waals surface area contributed by atoms with Crippen molar-refractivity contribution in [3.63, 3.8) is 0 Å². The molecule has 196 valence electrons. The van der Waals surface area contributed by atoms with Crippen molar-refractivity contribution < 1.29 is 48.7 Å². The molecule has 1 spiro atoms. The number of carbonyl (C=O) groups excluding carboxylic acids is 2. The van der Waals surface area contributed by atoms with Crippen LogP contribution in [0.3, 0.4) is 0 Å². The van der Waals surface area contributed by atoms with Gasteiger partial charge in [0.05, 0.1) is 30.8 Å². The Bertz CT molecular complexity index is 858. The van der Waals surface area contributed by atoms with Crippen molar-refractivity contribution in [2.75, 3.05) is 26.9 Å². The van der Waals surface area contributed by atoms with Crippen molar-refractivity contribution in [1.82, 2.24) is 0 Å². The van der Waals surface area contributed by atoms with Crippen LogP contribution in [0.4, 0.5) is 0 Å². The van der Waals surface area contributed by atoms with Crippen LogP contribution in [-0.4, -0.2) is 84.6 Å². The van der Waals surface area contributed by atoms with Gasteiger partial charge in [-0.05, 0) is 18.4 Å². The minimum Gasteiger partial charge on any atom is -0.478 e. The first-order chi connectivity index (χ1) is 16.8. The summed E-state index contributed by atoms with van der Waals surface area (Å²) in [5.74, 6) is -1.72. The number of carboxylic acids is 1. The Kier molecular flexibility index (Phi) is 9.79. The van der Waals surface area contributed by atoms with E-state index in [9.17, 15) is 19.5 Å². The Morgan fingerprint density at radius 2 is 1.89 bits per heavy atom. The summed E-state index contributed by atoms with van der Waals surface area (Å²) in [5, 5.41) is 25.3. The summed E-state index contributed by atoms with van der Waals surface area (Å²) in [5.41, 5.74) is -1.13. The van der Waals surface area contributed by atoms with E-state index in [1.807, 2.05) is 26.8 Å². The molecule has 2 saturated heterocycles. The second kappa shape index (κ2) is 11.9. The van der Waals surface area contributed by atoms with Crippen LogP contribution in [0.25, 0.3) is 0 Å². The van der Waals surface area contributed by atoms with E-state index in [4.69, 9.17) is 29.2 Å². The van der Waals surface area contributed by atoms with Gasteiger partial charge in [0, 0.05) is 31.1 Å². The molecule has 10 nitrogen and oxygen atoms in total. The van der Waals surface area contributed by atoms with Crippen LogP contribution in [-0.2, 0) is 33.3 Å². The van der Waals surface area contributed by atoms with Crippen LogP contribution in [0.1, 0.15) is 40.0 Å². The molecule has 2 aliphatic heterocycles. The lowest BCUT2D eigenvalue weighted by molar-refractivity contribution is -0.231.